The molecule has 0 heterocycles. The quantitative estimate of drug-likeness (QED) is 0.752. The smallest absolute Gasteiger partial charge is 0.163 e. The number of hydrogen-bond acceptors (Lipinski definition) is 5. The molecule has 1 saturated carbocycles. The van der Waals surface area contributed by atoms with Gasteiger partial charge in [0.05, 0.1) is 13.0 Å². The molecule has 2 aliphatic carbocycles. The standard InChI is InChI=1S/C24H30O5/c1-23(2)10-16(25)21(17(26)11-23)20(14-6-8-15(29-5)9-7-14)22-18(27)12-24(3,4)13-19(22)28/h6-9,20-21,27H,10-13H2,1-5H3. The van der Waals surface area contributed by atoms with Crippen LogP contribution in [0.3, 0.4) is 0 Å². The first-order valence-electron chi connectivity index (χ1n) is 10.1. The number of benzene rings is 1. The summed E-state index contributed by atoms with van der Waals surface area (Å²) in [6.45, 7) is 7.68. The number of carbonyl (C=O) groups is 3. The van der Waals surface area contributed by atoms with Gasteiger partial charge in [0.2, 0.25) is 0 Å². The number of ether oxygens (including phenoxy) is 1. The number of rotatable bonds is 4. The van der Waals surface area contributed by atoms with Crippen LogP contribution in [0.15, 0.2) is 35.6 Å². The predicted molar refractivity (Wildman–Crippen MR) is 110 cm³/mol. The van der Waals surface area contributed by atoms with E-state index in [-0.39, 0.29) is 58.8 Å². The average molecular weight is 398 g/mol. The first-order valence-corrected chi connectivity index (χ1v) is 10.1. The monoisotopic (exact) mass is 398 g/mol. The lowest BCUT2D eigenvalue weighted by atomic mass is 9.62. The van der Waals surface area contributed by atoms with Crippen LogP contribution in [0.2, 0.25) is 0 Å². The van der Waals surface area contributed by atoms with Crippen LogP contribution in [0.5, 0.6) is 5.75 Å². The molecule has 5 nitrogen and oxygen atoms in total. The molecule has 1 fully saturated rings. The maximum absolute atomic E-state index is 13.1. The SMILES string of the molecule is COc1ccc(C(C2=C(O)CC(C)(C)CC2=O)C2C(=O)CC(C)(C)CC2=O)cc1. The average Bonchev–Trinajstić information content (AvgIpc) is 2.57. The summed E-state index contributed by atoms with van der Waals surface area (Å²) in [7, 11) is 1.56. The summed E-state index contributed by atoms with van der Waals surface area (Å²) in [4.78, 5) is 39.2. The number of Topliss-reactive ketones (excluding diaryl/α,β-unsaturated/α-hetero) is 3. The van der Waals surface area contributed by atoms with Crippen molar-refractivity contribution in [3.8, 4) is 5.75 Å². The Hall–Kier alpha value is -2.43. The Morgan fingerprint density at radius 2 is 1.41 bits per heavy atom. The largest absolute Gasteiger partial charge is 0.512 e. The van der Waals surface area contributed by atoms with Crippen molar-refractivity contribution in [2.45, 2.75) is 59.3 Å². The molecule has 0 bridgehead atoms. The van der Waals surface area contributed by atoms with Crippen LogP contribution in [-0.4, -0.2) is 29.6 Å². The second kappa shape index (κ2) is 7.43. The van der Waals surface area contributed by atoms with Gasteiger partial charge < -0.3 is 9.84 Å². The normalized spacial score (nSPS) is 23.3. The molecule has 1 unspecified atom stereocenters. The highest BCUT2D eigenvalue weighted by atomic mass is 16.5. The van der Waals surface area contributed by atoms with Crippen molar-refractivity contribution in [2.75, 3.05) is 7.11 Å². The van der Waals surface area contributed by atoms with Crippen molar-refractivity contribution < 1.29 is 24.2 Å². The lowest BCUT2D eigenvalue weighted by Crippen LogP contribution is -2.43. The molecule has 0 aromatic heterocycles. The molecule has 156 valence electrons. The van der Waals surface area contributed by atoms with Gasteiger partial charge in [-0.3, -0.25) is 14.4 Å². The van der Waals surface area contributed by atoms with Gasteiger partial charge in [-0.2, -0.15) is 0 Å². The van der Waals surface area contributed by atoms with Crippen LogP contribution in [-0.2, 0) is 14.4 Å². The maximum Gasteiger partial charge on any atom is 0.163 e. The van der Waals surface area contributed by atoms with E-state index < -0.39 is 11.8 Å². The minimum absolute atomic E-state index is 0.00231. The topological polar surface area (TPSA) is 80.7 Å². The van der Waals surface area contributed by atoms with Crippen LogP contribution in [0.25, 0.3) is 0 Å². The highest BCUT2D eigenvalue weighted by Crippen LogP contribution is 2.47. The predicted octanol–water partition coefficient (Wildman–Crippen LogP) is 4.55. The van der Waals surface area contributed by atoms with Crippen molar-refractivity contribution in [3.63, 3.8) is 0 Å². The minimum atomic E-state index is -0.946. The van der Waals surface area contributed by atoms with Gasteiger partial charge in [0.1, 0.15) is 23.1 Å². The van der Waals surface area contributed by atoms with Crippen molar-refractivity contribution in [2.24, 2.45) is 16.7 Å². The molecule has 3 rings (SSSR count). The Bertz CT molecular complexity index is 853. The second-order valence-electron chi connectivity index (χ2n) is 9.98. The summed E-state index contributed by atoms with van der Waals surface area (Å²) in [6, 6.07) is 7.05. The fourth-order valence-corrected chi connectivity index (χ4v) is 4.77. The molecule has 0 saturated heterocycles. The van der Waals surface area contributed by atoms with E-state index in [1.165, 1.54) is 0 Å². The Balaban J connectivity index is 2.14. The van der Waals surface area contributed by atoms with Crippen molar-refractivity contribution in [1.29, 1.82) is 0 Å². The minimum Gasteiger partial charge on any atom is -0.512 e. The molecule has 1 atom stereocenters. The molecule has 0 spiro atoms. The molecule has 1 aromatic rings. The van der Waals surface area contributed by atoms with E-state index >= 15 is 0 Å². The van der Waals surface area contributed by atoms with Crippen molar-refractivity contribution >= 4 is 17.3 Å². The van der Waals surface area contributed by atoms with Gasteiger partial charge in [-0.15, -0.1) is 0 Å². The molecule has 0 aliphatic heterocycles. The van der Waals surface area contributed by atoms with Gasteiger partial charge in [-0.05, 0) is 28.5 Å². The van der Waals surface area contributed by atoms with Crippen molar-refractivity contribution in [3.05, 3.63) is 41.2 Å². The van der Waals surface area contributed by atoms with Gasteiger partial charge >= 0.3 is 0 Å². The molecular weight excluding hydrogens is 368 g/mol. The number of methoxy groups -OCH3 is 1. The Kier molecular flexibility index (Phi) is 5.46. The van der Waals surface area contributed by atoms with Gasteiger partial charge in [-0.25, -0.2) is 0 Å². The van der Waals surface area contributed by atoms with E-state index in [0.717, 1.165) is 0 Å². The van der Waals surface area contributed by atoms with E-state index in [0.29, 0.717) is 17.7 Å². The number of ketones is 3. The summed E-state index contributed by atoms with van der Waals surface area (Å²) < 4.78 is 5.22. The summed E-state index contributed by atoms with van der Waals surface area (Å²) in [5.74, 6) is -1.58. The molecule has 1 N–H and O–H groups in total. The van der Waals surface area contributed by atoms with Crippen LogP contribution in [0.1, 0.15) is 64.9 Å². The third-order valence-electron chi connectivity index (χ3n) is 6.02. The summed E-state index contributed by atoms with van der Waals surface area (Å²) >= 11 is 0. The fourth-order valence-electron chi connectivity index (χ4n) is 4.77. The Labute approximate surface area is 172 Å². The lowest BCUT2D eigenvalue weighted by molar-refractivity contribution is -0.140. The Morgan fingerprint density at radius 1 is 0.897 bits per heavy atom. The highest BCUT2D eigenvalue weighted by molar-refractivity contribution is 6.09. The summed E-state index contributed by atoms with van der Waals surface area (Å²) in [5, 5.41) is 10.8. The van der Waals surface area contributed by atoms with E-state index in [1.54, 1.807) is 31.4 Å². The highest BCUT2D eigenvalue weighted by Gasteiger charge is 2.48. The zero-order chi connectivity index (χ0) is 21.6. The molecular formula is C24H30O5. The molecule has 2 aliphatic rings. The van der Waals surface area contributed by atoms with E-state index in [2.05, 4.69) is 0 Å². The molecule has 0 radical (unpaired) electrons. The number of aliphatic hydroxyl groups is 1. The third kappa shape index (κ3) is 4.29. The third-order valence-corrected chi connectivity index (χ3v) is 6.02. The fraction of sp³-hybridized carbons (Fsp3) is 0.542. The molecule has 1 aromatic carbocycles. The van der Waals surface area contributed by atoms with E-state index in [4.69, 9.17) is 4.74 Å². The number of hydrogen-bond donors (Lipinski definition) is 1. The van der Waals surface area contributed by atoms with Gasteiger partial charge in [0, 0.05) is 37.2 Å². The van der Waals surface area contributed by atoms with Crippen LogP contribution in [0.4, 0.5) is 0 Å². The van der Waals surface area contributed by atoms with E-state index in [9.17, 15) is 19.5 Å². The number of allylic oxidation sites excluding steroid dienone is 2. The number of aliphatic hydroxyl groups excluding tert-OH is 1. The van der Waals surface area contributed by atoms with E-state index in [1.807, 2.05) is 27.7 Å². The zero-order valence-electron chi connectivity index (χ0n) is 17.9. The Morgan fingerprint density at radius 3 is 1.90 bits per heavy atom. The van der Waals surface area contributed by atoms with Gasteiger partial charge in [-0.1, -0.05) is 39.8 Å². The second-order valence-corrected chi connectivity index (χ2v) is 9.98. The summed E-state index contributed by atoms with van der Waals surface area (Å²) in [6.07, 6.45) is 1.19. The molecule has 5 heteroatoms. The molecule has 29 heavy (non-hydrogen) atoms. The van der Waals surface area contributed by atoms with Crippen molar-refractivity contribution in [1.82, 2.24) is 0 Å². The summed E-state index contributed by atoms with van der Waals surface area (Å²) in [5.41, 5.74) is 0.162. The molecule has 0 amide bonds. The zero-order valence-corrected chi connectivity index (χ0v) is 17.9. The van der Waals surface area contributed by atoms with Crippen LogP contribution < -0.4 is 4.74 Å². The lowest BCUT2D eigenvalue weighted by Gasteiger charge is -2.39. The first kappa shape index (κ1) is 21.3. The number of carbonyl (C=O) groups excluding carboxylic acids is 3. The van der Waals surface area contributed by atoms with Gasteiger partial charge in [0.25, 0.3) is 0 Å². The van der Waals surface area contributed by atoms with Crippen LogP contribution >= 0.6 is 0 Å². The van der Waals surface area contributed by atoms with Gasteiger partial charge in [0.15, 0.2) is 5.78 Å². The van der Waals surface area contributed by atoms with Crippen LogP contribution in [0, 0.1) is 16.7 Å². The first-order chi connectivity index (χ1) is 13.4. The maximum atomic E-state index is 13.1.